The molecular formula is C18H13BrN2O5. The Balaban J connectivity index is 2.20. The van der Waals surface area contributed by atoms with Gasteiger partial charge in [-0.1, -0.05) is 12.1 Å². The van der Waals surface area contributed by atoms with E-state index in [0.717, 1.165) is 9.36 Å². The highest BCUT2D eigenvalue weighted by Gasteiger charge is 2.40. The van der Waals surface area contributed by atoms with E-state index in [9.17, 15) is 19.5 Å². The van der Waals surface area contributed by atoms with Crippen LogP contribution in [0.4, 0.5) is 0 Å². The third-order valence-corrected chi connectivity index (χ3v) is 5.04. The summed E-state index contributed by atoms with van der Waals surface area (Å²) in [7, 11) is 0. The Bertz CT molecular complexity index is 1190. The molecule has 0 bridgehead atoms. The lowest BCUT2D eigenvalue weighted by molar-refractivity contribution is -0.146. The summed E-state index contributed by atoms with van der Waals surface area (Å²) < 4.78 is 7.64. The second kappa shape index (κ2) is 5.84. The van der Waals surface area contributed by atoms with Crippen LogP contribution in [0.3, 0.4) is 0 Å². The zero-order valence-corrected chi connectivity index (χ0v) is 15.2. The number of phenolic OH excluding ortho intramolecular Hbond substituents is 1. The molecule has 132 valence electrons. The molecule has 0 saturated carbocycles. The number of carbonyl (C=O) groups is 1. The van der Waals surface area contributed by atoms with Crippen molar-refractivity contribution in [2.75, 3.05) is 6.61 Å². The molecule has 0 spiro atoms. The lowest BCUT2D eigenvalue weighted by Crippen LogP contribution is -2.38. The van der Waals surface area contributed by atoms with E-state index in [1.54, 1.807) is 37.3 Å². The predicted octanol–water partition coefficient (Wildman–Crippen LogP) is 2.09. The molecule has 0 saturated heterocycles. The second-order valence-electron chi connectivity index (χ2n) is 5.80. The van der Waals surface area contributed by atoms with Gasteiger partial charge in [0.25, 0.3) is 11.1 Å². The average molecular weight is 417 g/mol. The monoisotopic (exact) mass is 416 g/mol. The summed E-state index contributed by atoms with van der Waals surface area (Å²) in [5.74, 6) is -0.926. The van der Waals surface area contributed by atoms with Gasteiger partial charge in [-0.3, -0.25) is 9.59 Å². The smallest absolute Gasteiger partial charge is 0.335 e. The Morgan fingerprint density at radius 1 is 1.15 bits per heavy atom. The fourth-order valence-corrected chi connectivity index (χ4v) is 3.67. The molecule has 1 unspecified atom stereocenters. The van der Waals surface area contributed by atoms with Crippen LogP contribution in [0.25, 0.3) is 16.5 Å². The zero-order valence-electron chi connectivity index (χ0n) is 13.6. The van der Waals surface area contributed by atoms with Gasteiger partial charge in [-0.25, -0.2) is 14.2 Å². The Hall–Kier alpha value is -2.87. The largest absolute Gasteiger partial charge is 0.506 e. The number of nitrogens with zero attached hydrogens (tertiary/aromatic N) is 2. The number of aromatic hydroxyl groups is 1. The van der Waals surface area contributed by atoms with Gasteiger partial charge >= 0.3 is 5.97 Å². The highest BCUT2D eigenvalue weighted by Crippen LogP contribution is 2.41. The first-order chi connectivity index (χ1) is 12.5. The van der Waals surface area contributed by atoms with E-state index in [4.69, 9.17) is 4.74 Å². The number of hydrogen-bond donors (Lipinski definition) is 1. The third kappa shape index (κ3) is 2.08. The Labute approximate surface area is 155 Å². The van der Waals surface area contributed by atoms with Crippen LogP contribution in [0.2, 0.25) is 0 Å². The predicted molar refractivity (Wildman–Crippen MR) is 97.9 cm³/mol. The quantitative estimate of drug-likeness (QED) is 0.645. The van der Waals surface area contributed by atoms with Crippen LogP contribution in [0, 0.1) is 0 Å². The number of rotatable bonds is 2. The number of benzene rings is 2. The van der Waals surface area contributed by atoms with Gasteiger partial charge in [0.1, 0.15) is 5.75 Å². The van der Waals surface area contributed by atoms with E-state index in [2.05, 4.69) is 15.9 Å². The van der Waals surface area contributed by atoms with E-state index in [-0.39, 0.29) is 34.4 Å². The minimum atomic E-state index is -1.24. The van der Waals surface area contributed by atoms with Crippen LogP contribution < -0.4 is 11.1 Å². The van der Waals surface area contributed by atoms with Crippen LogP contribution in [0.15, 0.2) is 50.5 Å². The third-order valence-electron chi connectivity index (χ3n) is 4.40. The highest BCUT2D eigenvalue weighted by molar-refractivity contribution is 9.10. The van der Waals surface area contributed by atoms with Crippen molar-refractivity contribution in [2.24, 2.45) is 0 Å². The topological polar surface area (TPSA) is 90.5 Å². The molecule has 0 aliphatic carbocycles. The Morgan fingerprint density at radius 2 is 1.81 bits per heavy atom. The maximum Gasteiger partial charge on any atom is 0.335 e. The van der Waals surface area contributed by atoms with Crippen LogP contribution in [0.5, 0.6) is 5.75 Å². The van der Waals surface area contributed by atoms with Gasteiger partial charge in [0.2, 0.25) is 0 Å². The first kappa shape index (κ1) is 16.6. The fourth-order valence-electron chi connectivity index (χ4n) is 3.33. The van der Waals surface area contributed by atoms with Crippen molar-refractivity contribution in [3.8, 4) is 11.4 Å². The van der Waals surface area contributed by atoms with Gasteiger partial charge in [0.15, 0.2) is 6.04 Å². The van der Waals surface area contributed by atoms with Gasteiger partial charge in [-0.15, -0.1) is 0 Å². The van der Waals surface area contributed by atoms with Gasteiger partial charge in [0, 0.05) is 0 Å². The second-order valence-corrected chi connectivity index (χ2v) is 6.65. The van der Waals surface area contributed by atoms with E-state index in [0.29, 0.717) is 4.47 Å². The van der Waals surface area contributed by atoms with Crippen molar-refractivity contribution < 1.29 is 14.6 Å². The van der Waals surface area contributed by atoms with Gasteiger partial charge < -0.3 is 9.84 Å². The molecule has 0 fully saturated rings. The van der Waals surface area contributed by atoms with Gasteiger partial charge in [0.05, 0.1) is 33.1 Å². The lowest BCUT2D eigenvalue weighted by atomic mass is 10.1. The first-order valence-electron chi connectivity index (χ1n) is 7.92. The fraction of sp³-hybridized carbons (Fsp3) is 0.167. The molecule has 0 radical (unpaired) electrons. The molecule has 1 aliphatic rings. The first-order valence-corrected chi connectivity index (χ1v) is 8.71. The summed E-state index contributed by atoms with van der Waals surface area (Å²) in [5.41, 5.74) is -0.524. The number of phenols is 1. The summed E-state index contributed by atoms with van der Waals surface area (Å²) in [6.45, 7) is 1.75. The van der Waals surface area contributed by atoms with Crippen LogP contribution in [0.1, 0.15) is 18.5 Å². The molecule has 0 amide bonds. The van der Waals surface area contributed by atoms with Crippen LogP contribution in [-0.4, -0.2) is 27.0 Å². The minimum absolute atomic E-state index is 0.103. The number of fused-ring (bicyclic) bond motifs is 4. The van der Waals surface area contributed by atoms with Crippen molar-refractivity contribution in [1.29, 1.82) is 0 Å². The number of hydrogen-bond acceptors (Lipinski definition) is 5. The van der Waals surface area contributed by atoms with E-state index < -0.39 is 23.1 Å². The van der Waals surface area contributed by atoms with Gasteiger partial charge in [-0.2, -0.15) is 0 Å². The summed E-state index contributed by atoms with van der Waals surface area (Å²) in [6, 6.07) is 8.29. The summed E-state index contributed by atoms with van der Waals surface area (Å²) in [6.07, 6.45) is 0. The Morgan fingerprint density at radius 3 is 2.46 bits per heavy atom. The lowest BCUT2D eigenvalue weighted by Gasteiger charge is -2.15. The summed E-state index contributed by atoms with van der Waals surface area (Å²) in [5, 5.41) is 11.0. The molecule has 2 aromatic carbocycles. The number of halogens is 1. The normalized spacial score (nSPS) is 14.9. The molecule has 1 aromatic heterocycles. The van der Waals surface area contributed by atoms with Crippen LogP contribution >= 0.6 is 15.9 Å². The van der Waals surface area contributed by atoms with Crippen molar-refractivity contribution in [2.45, 2.75) is 13.0 Å². The number of carbonyl (C=O) groups excluding carboxylic acids is 1. The number of aromatic nitrogens is 2. The van der Waals surface area contributed by atoms with Gasteiger partial charge in [-0.05, 0) is 47.1 Å². The molecule has 8 heteroatoms. The van der Waals surface area contributed by atoms with Crippen molar-refractivity contribution in [3.05, 3.63) is 67.1 Å². The van der Waals surface area contributed by atoms with E-state index >= 15 is 0 Å². The maximum atomic E-state index is 13.1. The summed E-state index contributed by atoms with van der Waals surface area (Å²) in [4.78, 5) is 38.7. The Kier molecular flexibility index (Phi) is 3.73. The minimum Gasteiger partial charge on any atom is -0.506 e. The maximum absolute atomic E-state index is 13.1. The molecule has 1 aliphatic heterocycles. The zero-order chi connectivity index (χ0) is 18.6. The van der Waals surface area contributed by atoms with Crippen molar-refractivity contribution in [1.82, 2.24) is 9.36 Å². The van der Waals surface area contributed by atoms with E-state index in [1.165, 1.54) is 6.07 Å². The molecule has 3 aromatic rings. The van der Waals surface area contributed by atoms with Crippen molar-refractivity contribution >= 4 is 32.7 Å². The summed E-state index contributed by atoms with van der Waals surface area (Å²) >= 11 is 3.21. The molecule has 26 heavy (non-hydrogen) atoms. The molecule has 7 nitrogen and oxygen atoms in total. The standard InChI is InChI=1S/C18H13BrN2O5/c1-2-26-18(25)14-13-12(8-7-11(19)15(13)22)20-16(23)9-5-3-4-6-10(9)17(24)21(14)20/h3-8,14,22H,2H2,1H3. The van der Waals surface area contributed by atoms with Crippen molar-refractivity contribution in [3.63, 3.8) is 0 Å². The highest BCUT2D eigenvalue weighted by atomic mass is 79.9. The van der Waals surface area contributed by atoms with Crippen LogP contribution in [-0.2, 0) is 9.53 Å². The molecule has 1 N–H and O–H groups in total. The average Bonchev–Trinajstić information content (AvgIpc) is 2.99. The SMILES string of the molecule is CCOC(=O)C1c2c(ccc(Br)c2O)-n2c(=O)c3ccccc3c(=O)n21. The molecular weight excluding hydrogens is 404 g/mol. The molecule has 1 atom stereocenters. The van der Waals surface area contributed by atoms with E-state index in [1.807, 2.05) is 0 Å². The molecule has 4 rings (SSSR count). The number of ether oxygens (including phenoxy) is 1. The number of esters is 1. The molecule has 2 heterocycles.